The highest BCUT2D eigenvalue weighted by Crippen LogP contribution is 2.23. The van der Waals surface area contributed by atoms with Crippen molar-refractivity contribution in [3.8, 4) is 0 Å². The fourth-order valence-electron chi connectivity index (χ4n) is 1.71. The van der Waals surface area contributed by atoms with Gasteiger partial charge in [0, 0.05) is 14.2 Å². The van der Waals surface area contributed by atoms with Crippen LogP contribution in [0.1, 0.15) is 13.8 Å². The molecule has 2 unspecified atom stereocenters. The second-order valence-corrected chi connectivity index (χ2v) is 20.9. The van der Waals surface area contributed by atoms with E-state index in [4.69, 9.17) is 13.0 Å². The van der Waals surface area contributed by atoms with Gasteiger partial charge in [-0.15, -0.1) is 0 Å². The van der Waals surface area contributed by atoms with E-state index in [1.54, 1.807) is 13.1 Å². The molecule has 0 bridgehead atoms. The predicted molar refractivity (Wildman–Crippen MR) is 72.2 cm³/mol. The molecule has 100 valence electrons. The molecule has 0 heterocycles. The summed E-state index contributed by atoms with van der Waals surface area (Å²) >= 11 is 0. The quantitative estimate of drug-likeness (QED) is 0.636. The van der Waals surface area contributed by atoms with Crippen molar-refractivity contribution in [2.24, 2.45) is 0 Å². The maximum atomic E-state index is 11.9. The van der Waals surface area contributed by atoms with Gasteiger partial charge in [-0.1, -0.05) is 13.8 Å². The van der Waals surface area contributed by atoms with Crippen LogP contribution in [0.5, 0.6) is 0 Å². The summed E-state index contributed by atoms with van der Waals surface area (Å²) in [5, 5.41) is 0. The van der Waals surface area contributed by atoms with Crippen molar-refractivity contribution >= 4 is 32.6 Å². The van der Waals surface area contributed by atoms with Crippen LogP contribution in [0.25, 0.3) is 0 Å². The van der Waals surface area contributed by atoms with Gasteiger partial charge in [0.15, 0.2) is 0 Å². The second-order valence-electron chi connectivity index (χ2n) is 3.84. The molecule has 0 fully saturated rings. The van der Waals surface area contributed by atoms with E-state index in [0.29, 0.717) is 12.1 Å². The van der Waals surface area contributed by atoms with E-state index in [0.717, 1.165) is 0 Å². The first-order valence-corrected chi connectivity index (χ1v) is 15.5. The van der Waals surface area contributed by atoms with Crippen LogP contribution in [-0.4, -0.2) is 46.8 Å². The first-order valence-electron chi connectivity index (χ1n) is 5.66. The summed E-state index contributed by atoms with van der Waals surface area (Å²) in [5.41, 5.74) is 0. The molecule has 0 radical (unpaired) electrons. The number of hydrogen-bond donors (Lipinski definition) is 0. The molecule has 2 atom stereocenters. The second kappa shape index (κ2) is 7.06. The van der Waals surface area contributed by atoms with E-state index in [1.165, 1.54) is 14.2 Å². The van der Waals surface area contributed by atoms with E-state index in [1.807, 2.05) is 13.8 Å². The average molecular weight is 311 g/mol. The topological polar surface area (TPSA) is 61.8 Å². The van der Waals surface area contributed by atoms with Crippen LogP contribution in [0.15, 0.2) is 0 Å². The van der Waals surface area contributed by atoms with Gasteiger partial charge >= 0.3 is 32.6 Å². The van der Waals surface area contributed by atoms with Crippen molar-refractivity contribution in [1.82, 2.24) is 0 Å². The highest BCUT2D eigenvalue weighted by molar-refractivity contribution is 7.29. The lowest BCUT2D eigenvalue weighted by Crippen LogP contribution is -2.62. The fourth-order valence-corrected chi connectivity index (χ4v) is 20.1. The van der Waals surface area contributed by atoms with E-state index in [-0.39, 0.29) is 0 Å². The van der Waals surface area contributed by atoms with Gasteiger partial charge in [0.2, 0.25) is 0 Å². The van der Waals surface area contributed by atoms with E-state index in [9.17, 15) is 8.92 Å². The van der Waals surface area contributed by atoms with Crippen LogP contribution < -0.4 is 0 Å². The molecule has 0 saturated carbocycles. The van der Waals surface area contributed by atoms with Crippen LogP contribution in [-0.2, 0) is 21.9 Å². The molecule has 9 heteroatoms. The van der Waals surface area contributed by atoms with Gasteiger partial charge in [-0.05, 0) is 25.2 Å². The Kier molecular flexibility index (Phi) is 7.21. The van der Waals surface area contributed by atoms with Crippen LogP contribution >= 0.6 is 0 Å². The van der Waals surface area contributed by atoms with E-state index in [2.05, 4.69) is 0 Å². The molecule has 0 saturated heterocycles. The predicted octanol–water partition coefficient (Wildman–Crippen LogP) is 1.48. The standard InChI is InChI=1S/C8H22O5Si4/c1-7-16(11-3,14(5)9)13-17(8-2,12-4)15(6)10/h7-8H2,1-6H3. The van der Waals surface area contributed by atoms with Gasteiger partial charge in [0.25, 0.3) is 0 Å². The third-order valence-corrected chi connectivity index (χ3v) is 22.6. The third kappa shape index (κ3) is 3.65. The molecule has 0 aliphatic carbocycles. The van der Waals surface area contributed by atoms with E-state index < -0.39 is 32.6 Å². The average Bonchev–Trinajstić information content (AvgIpc) is 2.31. The zero-order chi connectivity index (χ0) is 13.7. The lowest BCUT2D eigenvalue weighted by Gasteiger charge is -2.34. The zero-order valence-corrected chi connectivity index (χ0v) is 15.5. The minimum atomic E-state index is -2.75. The first kappa shape index (κ1) is 17.3. The summed E-state index contributed by atoms with van der Waals surface area (Å²) in [6, 6.07) is 1.18. The summed E-state index contributed by atoms with van der Waals surface area (Å²) in [5.74, 6) is 0. The molecule has 0 spiro atoms. The molecule has 5 nitrogen and oxygen atoms in total. The minimum absolute atomic E-state index is 0.588. The van der Waals surface area contributed by atoms with Crippen molar-refractivity contribution in [3.63, 3.8) is 0 Å². The molecule has 0 N–H and O–H groups in total. The summed E-state index contributed by atoms with van der Waals surface area (Å²) in [6.07, 6.45) is 0. The van der Waals surface area contributed by atoms with Gasteiger partial charge < -0.3 is 21.9 Å². The molecule has 17 heavy (non-hydrogen) atoms. The van der Waals surface area contributed by atoms with Crippen LogP contribution in [0, 0.1) is 0 Å². The number of rotatable bonds is 8. The molecule has 0 aliphatic rings. The maximum absolute atomic E-state index is 11.9. The Bertz CT molecular complexity index is 260. The van der Waals surface area contributed by atoms with Crippen molar-refractivity contribution < 1.29 is 21.9 Å². The molecule has 0 aromatic rings. The largest absolute Gasteiger partial charge is 0.411 e. The zero-order valence-electron chi connectivity index (χ0n) is 11.5. The van der Waals surface area contributed by atoms with Gasteiger partial charge in [0.05, 0.1) is 0 Å². The Labute approximate surface area is 108 Å². The molecular formula is C8H22O5Si4. The normalized spacial score (nSPS) is 18.2. The summed E-state index contributed by atoms with van der Waals surface area (Å²) in [7, 11) is -6.34. The molecule has 0 aromatic heterocycles. The van der Waals surface area contributed by atoms with Crippen molar-refractivity contribution in [1.29, 1.82) is 0 Å². The van der Waals surface area contributed by atoms with Crippen molar-refractivity contribution in [2.75, 3.05) is 14.2 Å². The number of hydrogen-bond acceptors (Lipinski definition) is 5. The Hall–Kier alpha value is 0.348. The highest BCUT2D eigenvalue weighted by atomic mass is 29.3. The lowest BCUT2D eigenvalue weighted by molar-refractivity contribution is 0.256. The molecule has 0 aliphatic heterocycles. The Morgan fingerprint density at radius 3 is 1.29 bits per heavy atom. The lowest BCUT2D eigenvalue weighted by atomic mass is 11.0. The van der Waals surface area contributed by atoms with Crippen LogP contribution in [0.4, 0.5) is 0 Å². The fraction of sp³-hybridized carbons (Fsp3) is 1.00. The smallest absolute Gasteiger partial charge is 0.375 e. The SMILES string of the molecule is CC[Si](OC)(O[Si](CC)(OC)[Si](C)=O)[Si](C)=O. The first-order chi connectivity index (χ1) is 7.84. The monoisotopic (exact) mass is 310 g/mol. The minimum Gasteiger partial charge on any atom is -0.411 e. The van der Waals surface area contributed by atoms with Crippen molar-refractivity contribution in [2.45, 2.75) is 39.0 Å². The maximum Gasteiger partial charge on any atom is 0.375 e. The summed E-state index contributed by atoms with van der Waals surface area (Å²) in [4.78, 5) is 0. The van der Waals surface area contributed by atoms with Gasteiger partial charge in [-0.2, -0.15) is 0 Å². The Balaban J connectivity index is 5.33. The Morgan fingerprint density at radius 1 is 0.882 bits per heavy atom. The molecule has 0 aromatic carbocycles. The van der Waals surface area contributed by atoms with Crippen LogP contribution in [0.3, 0.4) is 0 Å². The molecular weight excluding hydrogens is 288 g/mol. The van der Waals surface area contributed by atoms with Crippen LogP contribution in [0.2, 0.25) is 25.2 Å². The summed E-state index contributed by atoms with van der Waals surface area (Å²) < 4.78 is 40.8. The van der Waals surface area contributed by atoms with Crippen molar-refractivity contribution in [3.05, 3.63) is 0 Å². The van der Waals surface area contributed by atoms with Gasteiger partial charge in [0.1, 0.15) is 0 Å². The van der Waals surface area contributed by atoms with Gasteiger partial charge in [-0.25, -0.2) is 0 Å². The highest BCUT2D eigenvalue weighted by Gasteiger charge is 2.54. The van der Waals surface area contributed by atoms with E-state index >= 15 is 0 Å². The van der Waals surface area contributed by atoms with Gasteiger partial charge in [-0.3, -0.25) is 0 Å². The molecule has 0 rings (SSSR count). The summed E-state index contributed by atoms with van der Waals surface area (Å²) in [6.45, 7) is 7.11. The molecule has 0 amide bonds. The Morgan fingerprint density at radius 2 is 1.18 bits per heavy atom. The third-order valence-electron chi connectivity index (χ3n) is 2.99.